The van der Waals surface area contributed by atoms with Gasteiger partial charge in [-0.3, -0.25) is 9.69 Å². The number of halogens is 1. The molecule has 1 amide bonds. The lowest BCUT2D eigenvalue weighted by Gasteiger charge is -2.28. The van der Waals surface area contributed by atoms with Gasteiger partial charge < -0.3 is 10.4 Å². The van der Waals surface area contributed by atoms with Crippen molar-refractivity contribution in [2.24, 2.45) is 5.92 Å². The van der Waals surface area contributed by atoms with Crippen LogP contribution in [-0.2, 0) is 11.3 Å². The molecule has 124 valence electrons. The predicted octanol–water partition coefficient (Wildman–Crippen LogP) is 2.69. The second-order valence-electron chi connectivity index (χ2n) is 6.22. The van der Waals surface area contributed by atoms with E-state index in [-0.39, 0.29) is 18.4 Å². The summed E-state index contributed by atoms with van der Waals surface area (Å²) in [7, 11) is 0. The Balaban J connectivity index is 2.48. The van der Waals surface area contributed by atoms with Crippen LogP contribution in [-0.4, -0.2) is 41.1 Å². The monoisotopic (exact) mass is 326 g/mol. The summed E-state index contributed by atoms with van der Waals surface area (Å²) in [5, 5.41) is 13.7. The van der Waals surface area contributed by atoms with E-state index in [0.717, 1.165) is 12.1 Å². The third kappa shape index (κ3) is 6.34. The zero-order chi connectivity index (χ0) is 16.8. The molecule has 0 saturated carbocycles. The molecule has 0 bridgehead atoms. The topological polar surface area (TPSA) is 52.6 Å². The van der Waals surface area contributed by atoms with Gasteiger partial charge in [0.05, 0.1) is 12.1 Å². The standard InChI is InChI=1S/C17H27ClN2O2/c1-5-20(10-14-6-8-15(18)9-7-14)11-16(21)19-12-17(4,22)13(2)3/h6-9,13,22H,5,10-12H2,1-4H3,(H,19,21)/t17-/m0/s1. The van der Waals surface area contributed by atoms with Crippen LogP contribution < -0.4 is 5.32 Å². The zero-order valence-electron chi connectivity index (χ0n) is 13.9. The molecule has 1 aromatic carbocycles. The summed E-state index contributed by atoms with van der Waals surface area (Å²) in [6.45, 7) is 9.68. The van der Waals surface area contributed by atoms with Crippen molar-refractivity contribution < 1.29 is 9.90 Å². The number of hydrogen-bond acceptors (Lipinski definition) is 3. The van der Waals surface area contributed by atoms with Gasteiger partial charge in [0.25, 0.3) is 0 Å². The average molecular weight is 327 g/mol. The number of nitrogens with one attached hydrogen (secondary N) is 1. The first kappa shape index (κ1) is 18.9. The summed E-state index contributed by atoms with van der Waals surface area (Å²) in [6.07, 6.45) is 0. The van der Waals surface area contributed by atoms with E-state index >= 15 is 0 Å². The zero-order valence-corrected chi connectivity index (χ0v) is 14.7. The minimum atomic E-state index is -0.886. The Kier molecular flexibility index (Phi) is 7.33. The first-order valence-corrected chi connectivity index (χ1v) is 8.08. The average Bonchev–Trinajstić information content (AvgIpc) is 2.46. The Morgan fingerprint density at radius 2 is 1.95 bits per heavy atom. The lowest BCUT2D eigenvalue weighted by atomic mass is 9.92. The number of aliphatic hydroxyl groups is 1. The van der Waals surface area contributed by atoms with E-state index in [1.807, 2.05) is 49.9 Å². The summed E-state index contributed by atoms with van der Waals surface area (Å²) in [6, 6.07) is 7.63. The maximum atomic E-state index is 12.0. The highest BCUT2D eigenvalue weighted by Gasteiger charge is 2.25. The van der Waals surface area contributed by atoms with Crippen molar-refractivity contribution in [3.8, 4) is 0 Å². The van der Waals surface area contributed by atoms with E-state index in [1.165, 1.54) is 0 Å². The molecule has 2 N–H and O–H groups in total. The highest BCUT2D eigenvalue weighted by Crippen LogP contribution is 2.14. The van der Waals surface area contributed by atoms with Gasteiger partial charge in [-0.25, -0.2) is 0 Å². The molecule has 0 saturated heterocycles. The van der Waals surface area contributed by atoms with Crippen LogP contribution in [0.4, 0.5) is 0 Å². The molecule has 5 heteroatoms. The van der Waals surface area contributed by atoms with Crippen molar-refractivity contribution >= 4 is 17.5 Å². The summed E-state index contributed by atoms with van der Waals surface area (Å²) in [4.78, 5) is 14.1. The van der Waals surface area contributed by atoms with Gasteiger partial charge in [-0.1, -0.05) is 44.5 Å². The smallest absolute Gasteiger partial charge is 0.234 e. The van der Waals surface area contributed by atoms with Crippen molar-refractivity contribution in [1.82, 2.24) is 10.2 Å². The van der Waals surface area contributed by atoms with Gasteiger partial charge in [0.15, 0.2) is 0 Å². The second-order valence-corrected chi connectivity index (χ2v) is 6.65. The summed E-state index contributed by atoms with van der Waals surface area (Å²) in [5.74, 6) is 0.0147. The van der Waals surface area contributed by atoms with Crippen LogP contribution in [0.25, 0.3) is 0 Å². The minimum Gasteiger partial charge on any atom is -0.388 e. The van der Waals surface area contributed by atoms with Crippen LogP contribution in [0.3, 0.4) is 0 Å². The summed E-state index contributed by atoms with van der Waals surface area (Å²) in [5.41, 5.74) is 0.233. The number of carbonyl (C=O) groups is 1. The Morgan fingerprint density at radius 3 is 2.45 bits per heavy atom. The fourth-order valence-corrected chi connectivity index (χ4v) is 1.99. The lowest BCUT2D eigenvalue weighted by Crippen LogP contribution is -2.47. The molecule has 0 aromatic heterocycles. The first-order valence-electron chi connectivity index (χ1n) is 7.70. The molecular weight excluding hydrogens is 300 g/mol. The number of benzene rings is 1. The van der Waals surface area contributed by atoms with E-state index in [1.54, 1.807) is 6.92 Å². The normalized spacial score (nSPS) is 14.2. The number of rotatable bonds is 8. The number of nitrogens with zero attached hydrogens (tertiary/aromatic N) is 1. The van der Waals surface area contributed by atoms with Crippen molar-refractivity contribution in [3.05, 3.63) is 34.9 Å². The maximum absolute atomic E-state index is 12.0. The number of amides is 1. The molecule has 0 spiro atoms. The van der Waals surface area contributed by atoms with Crippen LogP contribution in [0.2, 0.25) is 5.02 Å². The molecule has 1 rings (SSSR count). The highest BCUT2D eigenvalue weighted by atomic mass is 35.5. The molecule has 0 unspecified atom stereocenters. The first-order chi connectivity index (χ1) is 10.2. The van der Waals surface area contributed by atoms with Gasteiger partial charge in [-0.05, 0) is 37.1 Å². The predicted molar refractivity (Wildman–Crippen MR) is 90.9 cm³/mol. The Labute approximate surface area is 138 Å². The Morgan fingerprint density at radius 1 is 1.36 bits per heavy atom. The van der Waals surface area contributed by atoms with Gasteiger partial charge in [-0.2, -0.15) is 0 Å². The van der Waals surface area contributed by atoms with Crippen molar-refractivity contribution in [2.75, 3.05) is 19.6 Å². The second kappa shape index (κ2) is 8.51. The van der Waals surface area contributed by atoms with Gasteiger partial charge in [0, 0.05) is 18.1 Å². The van der Waals surface area contributed by atoms with E-state index in [0.29, 0.717) is 18.1 Å². The highest BCUT2D eigenvalue weighted by molar-refractivity contribution is 6.30. The number of hydrogen-bond donors (Lipinski definition) is 2. The van der Waals surface area contributed by atoms with Crippen LogP contribution >= 0.6 is 11.6 Å². The van der Waals surface area contributed by atoms with E-state index < -0.39 is 5.60 Å². The fourth-order valence-electron chi connectivity index (χ4n) is 1.87. The van der Waals surface area contributed by atoms with E-state index in [2.05, 4.69) is 5.32 Å². The minimum absolute atomic E-state index is 0.0725. The molecule has 0 aliphatic rings. The third-order valence-electron chi connectivity index (χ3n) is 4.02. The fraction of sp³-hybridized carbons (Fsp3) is 0.588. The maximum Gasteiger partial charge on any atom is 0.234 e. The van der Waals surface area contributed by atoms with Crippen molar-refractivity contribution in [1.29, 1.82) is 0 Å². The Hall–Kier alpha value is -1.10. The molecule has 0 fully saturated rings. The molecule has 0 heterocycles. The summed E-state index contributed by atoms with van der Waals surface area (Å²) >= 11 is 5.87. The molecule has 22 heavy (non-hydrogen) atoms. The van der Waals surface area contributed by atoms with E-state index in [4.69, 9.17) is 11.6 Å². The van der Waals surface area contributed by atoms with Crippen LogP contribution in [0, 0.1) is 5.92 Å². The Bertz CT molecular complexity index is 472. The largest absolute Gasteiger partial charge is 0.388 e. The molecule has 0 aliphatic heterocycles. The summed E-state index contributed by atoms with van der Waals surface area (Å²) < 4.78 is 0. The van der Waals surface area contributed by atoms with Crippen molar-refractivity contribution in [2.45, 2.75) is 39.8 Å². The van der Waals surface area contributed by atoms with Crippen molar-refractivity contribution in [3.63, 3.8) is 0 Å². The molecule has 0 aliphatic carbocycles. The lowest BCUT2D eigenvalue weighted by molar-refractivity contribution is -0.123. The quantitative estimate of drug-likeness (QED) is 0.772. The van der Waals surface area contributed by atoms with Gasteiger partial charge >= 0.3 is 0 Å². The van der Waals surface area contributed by atoms with Crippen LogP contribution in [0.15, 0.2) is 24.3 Å². The van der Waals surface area contributed by atoms with Crippen LogP contribution in [0.5, 0.6) is 0 Å². The molecule has 1 aromatic rings. The van der Waals surface area contributed by atoms with Gasteiger partial charge in [0.1, 0.15) is 0 Å². The molecule has 4 nitrogen and oxygen atoms in total. The molecule has 1 atom stereocenters. The number of carbonyl (C=O) groups excluding carboxylic acids is 1. The van der Waals surface area contributed by atoms with E-state index in [9.17, 15) is 9.90 Å². The number of likely N-dealkylation sites (N-methyl/N-ethyl adjacent to an activating group) is 1. The third-order valence-corrected chi connectivity index (χ3v) is 4.27. The molecule has 0 radical (unpaired) electrons. The van der Waals surface area contributed by atoms with Gasteiger partial charge in [0.2, 0.25) is 5.91 Å². The van der Waals surface area contributed by atoms with Crippen LogP contribution in [0.1, 0.15) is 33.3 Å². The molecular formula is C17H27ClN2O2. The van der Waals surface area contributed by atoms with Gasteiger partial charge in [-0.15, -0.1) is 0 Å². The SMILES string of the molecule is CCN(CC(=O)NC[C@](C)(O)C(C)C)Cc1ccc(Cl)cc1.